The molecule has 0 saturated carbocycles. The predicted molar refractivity (Wildman–Crippen MR) is 74.6 cm³/mol. The van der Waals surface area contributed by atoms with Crippen LogP contribution in [0.2, 0.25) is 0 Å². The van der Waals surface area contributed by atoms with E-state index in [1.165, 1.54) is 0 Å². The van der Waals surface area contributed by atoms with Crippen molar-refractivity contribution in [3.8, 4) is 0 Å². The molecule has 110 valence electrons. The predicted octanol–water partition coefficient (Wildman–Crippen LogP) is 1.01. The summed E-state index contributed by atoms with van der Waals surface area (Å²) in [5, 5.41) is 11.7. The second-order valence-electron chi connectivity index (χ2n) is 4.60. The number of carbonyl (C=O) groups excluding carboxylic acids is 1. The molecule has 0 aromatic rings. The summed E-state index contributed by atoms with van der Waals surface area (Å²) in [6.45, 7) is 3.65. The van der Waals surface area contributed by atoms with E-state index in [9.17, 15) is 9.59 Å². The van der Waals surface area contributed by atoms with Crippen molar-refractivity contribution < 1.29 is 19.4 Å². The van der Waals surface area contributed by atoms with Crippen LogP contribution in [0.25, 0.3) is 0 Å². The molecule has 6 nitrogen and oxygen atoms in total. The van der Waals surface area contributed by atoms with E-state index in [-0.39, 0.29) is 12.1 Å². The molecule has 2 atom stereocenters. The minimum Gasteiger partial charge on any atom is -0.480 e. The third-order valence-electron chi connectivity index (χ3n) is 2.95. The molecule has 0 radical (unpaired) electrons. The lowest BCUT2D eigenvalue weighted by atomic mass is 10.2. The first-order valence-corrected chi connectivity index (χ1v) is 7.82. The molecule has 7 heteroatoms. The molecule has 1 heterocycles. The number of carbonyl (C=O) groups is 2. The van der Waals surface area contributed by atoms with Gasteiger partial charge in [0.25, 0.3) is 0 Å². The van der Waals surface area contributed by atoms with Crippen LogP contribution in [0.4, 0.5) is 4.79 Å². The van der Waals surface area contributed by atoms with Crippen molar-refractivity contribution in [1.82, 2.24) is 10.2 Å². The number of ether oxygens (including phenoxy) is 1. The Hall–Kier alpha value is -0.950. The number of carboxylic acid groups (broad SMARTS) is 1. The molecule has 1 aliphatic heterocycles. The van der Waals surface area contributed by atoms with Gasteiger partial charge in [0, 0.05) is 19.7 Å². The van der Waals surface area contributed by atoms with Crippen LogP contribution in [-0.2, 0) is 9.53 Å². The van der Waals surface area contributed by atoms with Gasteiger partial charge in [-0.05, 0) is 31.8 Å². The largest absolute Gasteiger partial charge is 0.480 e. The van der Waals surface area contributed by atoms with Gasteiger partial charge in [-0.25, -0.2) is 9.59 Å². The van der Waals surface area contributed by atoms with Crippen molar-refractivity contribution >= 4 is 23.8 Å². The van der Waals surface area contributed by atoms with Gasteiger partial charge in [-0.3, -0.25) is 0 Å². The van der Waals surface area contributed by atoms with Crippen molar-refractivity contribution in [3.05, 3.63) is 0 Å². The van der Waals surface area contributed by atoms with E-state index in [0.29, 0.717) is 31.9 Å². The summed E-state index contributed by atoms with van der Waals surface area (Å²) in [5.74, 6) is -0.280. The van der Waals surface area contributed by atoms with E-state index < -0.39 is 12.0 Å². The van der Waals surface area contributed by atoms with Gasteiger partial charge in [0.2, 0.25) is 0 Å². The lowest BCUT2D eigenvalue weighted by Crippen LogP contribution is -2.49. The molecule has 1 fully saturated rings. The Kier molecular flexibility index (Phi) is 7.01. The van der Waals surface area contributed by atoms with Gasteiger partial charge in [0.15, 0.2) is 0 Å². The molecule has 1 aliphatic rings. The fourth-order valence-corrected chi connectivity index (χ4v) is 2.38. The van der Waals surface area contributed by atoms with E-state index >= 15 is 0 Å². The van der Waals surface area contributed by atoms with Crippen molar-refractivity contribution in [1.29, 1.82) is 0 Å². The van der Waals surface area contributed by atoms with Crippen molar-refractivity contribution in [2.75, 3.05) is 31.7 Å². The van der Waals surface area contributed by atoms with Gasteiger partial charge in [-0.15, -0.1) is 0 Å². The molecule has 0 aromatic heterocycles. The fraction of sp³-hybridized carbons (Fsp3) is 0.833. The molecule has 19 heavy (non-hydrogen) atoms. The summed E-state index contributed by atoms with van der Waals surface area (Å²) in [4.78, 5) is 24.8. The molecule has 0 aromatic carbocycles. The second-order valence-corrected chi connectivity index (χ2v) is 5.59. The molecule has 0 bridgehead atoms. The Labute approximate surface area is 117 Å². The average Bonchev–Trinajstić information content (AvgIpc) is 2.58. The number of hydrogen-bond donors (Lipinski definition) is 2. The standard InChI is InChI=1S/C12H22N2O4S/c1-9-8-14(5-3-6-18-9)12(17)13-10(11(15)16)4-7-19-2/h9-10H,3-8H2,1-2H3,(H,13,17)(H,15,16)/t9?,10-/m1/s1. The molecular formula is C12H22N2O4S. The van der Waals surface area contributed by atoms with E-state index in [4.69, 9.17) is 9.84 Å². The number of nitrogens with zero attached hydrogens (tertiary/aromatic N) is 1. The van der Waals surface area contributed by atoms with Crippen LogP contribution in [-0.4, -0.2) is 65.9 Å². The van der Waals surface area contributed by atoms with Crippen LogP contribution in [0.5, 0.6) is 0 Å². The first kappa shape index (κ1) is 16.1. The van der Waals surface area contributed by atoms with E-state index in [1.807, 2.05) is 13.2 Å². The second kappa shape index (κ2) is 8.27. The van der Waals surface area contributed by atoms with Crippen LogP contribution in [0.15, 0.2) is 0 Å². The molecule has 0 spiro atoms. The van der Waals surface area contributed by atoms with E-state index in [2.05, 4.69) is 5.32 Å². The maximum absolute atomic E-state index is 12.1. The quantitative estimate of drug-likeness (QED) is 0.790. The van der Waals surface area contributed by atoms with Crippen molar-refractivity contribution in [3.63, 3.8) is 0 Å². The van der Waals surface area contributed by atoms with E-state index in [0.717, 1.165) is 6.42 Å². The highest BCUT2D eigenvalue weighted by Crippen LogP contribution is 2.07. The first-order chi connectivity index (χ1) is 9.04. The lowest BCUT2D eigenvalue weighted by Gasteiger charge is -2.24. The molecular weight excluding hydrogens is 268 g/mol. The monoisotopic (exact) mass is 290 g/mol. The van der Waals surface area contributed by atoms with Crippen LogP contribution in [0.3, 0.4) is 0 Å². The zero-order chi connectivity index (χ0) is 14.3. The van der Waals surface area contributed by atoms with Gasteiger partial charge in [0.1, 0.15) is 6.04 Å². The summed E-state index contributed by atoms with van der Waals surface area (Å²) < 4.78 is 5.46. The van der Waals surface area contributed by atoms with Crippen LogP contribution >= 0.6 is 11.8 Å². The fourth-order valence-electron chi connectivity index (χ4n) is 1.91. The SMILES string of the molecule is CSCC[C@@H](NC(=O)N1CCCOC(C)C1)C(=O)O. The first-order valence-electron chi connectivity index (χ1n) is 6.43. The Balaban J connectivity index is 2.52. The number of nitrogens with one attached hydrogen (secondary N) is 1. The maximum Gasteiger partial charge on any atom is 0.326 e. The minimum atomic E-state index is -0.985. The lowest BCUT2D eigenvalue weighted by molar-refractivity contribution is -0.139. The number of rotatable bonds is 5. The molecule has 2 amide bonds. The number of aliphatic carboxylic acids is 1. The Bertz CT molecular complexity index is 314. The Morgan fingerprint density at radius 3 is 2.95 bits per heavy atom. The summed E-state index contributed by atoms with van der Waals surface area (Å²) in [6.07, 6.45) is 3.11. The van der Waals surface area contributed by atoms with Crippen LogP contribution in [0.1, 0.15) is 19.8 Å². The number of carboxylic acids is 1. The third-order valence-corrected chi connectivity index (χ3v) is 3.59. The topological polar surface area (TPSA) is 78.9 Å². The summed E-state index contributed by atoms with van der Waals surface area (Å²) in [5.41, 5.74) is 0. The molecule has 0 aliphatic carbocycles. The smallest absolute Gasteiger partial charge is 0.326 e. The van der Waals surface area contributed by atoms with Gasteiger partial charge >= 0.3 is 12.0 Å². The Morgan fingerprint density at radius 2 is 2.32 bits per heavy atom. The summed E-state index contributed by atoms with van der Waals surface area (Å²) in [7, 11) is 0. The number of urea groups is 1. The van der Waals surface area contributed by atoms with E-state index in [1.54, 1.807) is 16.7 Å². The van der Waals surface area contributed by atoms with Gasteiger partial charge in [0.05, 0.1) is 6.10 Å². The zero-order valence-corrected chi connectivity index (χ0v) is 12.2. The maximum atomic E-state index is 12.1. The van der Waals surface area contributed by atoms with Crippen LogP contribution in [0, 0.1) is 0 Å². The third kappa shape index (κ3) is 5.69. The number of hydrogen-bond acceptors (Lipinski definition) is 4. The van der Waals surface area contributed by atoms with Gasteiger partial charge in [-0.2, -0.15) is 11.8 Å². The molecule has 1 saturated heterocycles. The highest BCUT2D eigenvalue weighted by Gasteiger charge is 2.25. The Morgan fingerprint density at radius 1 is 1.58 bits per heavy atom. The van der Waals surface area contributed by atoms with Gasteiger partial charge < -0.3 is 20.1 Å². The van der Waals surface area contributed by atoms with Gasteiger partial charge in [-0.1, -0.05) is 0 Å². The molecule has 1 rings (SSSR count). The highest BCUT2D eigenvalue weighted by molar-refractivity contribution is 7.98. The molecule has 2 N–H and O–H groups in total. The zero-order valence-electron chi connectivity index (χ0n) is 11.4. The van der Waals surface area contributed by atoms with Crippen LogP contribution < -0.4 is 5.32 Å². The summed E-state index contributed by atoms with van der Waals surface area (Å²) >= 11 is 1.57. The molecule has 1 unspecified atom stereocenters. The highest BCUT2D eigenvalue weighted by atomic mass is 32.2. The van der Waals surface area contributed by atoms with Crippen molar-refractivity contribution in [2.45, 2.75) is 31.9 Å². The normalized spacial score (nSPS) is 21.6. The summed E-state index contributed by atoms with van der Waals surface area (Å²) in [6, 6.07) is -1.13. The average molecular weight is 290 g/mol. The number of thioether (sulfide) groups is 1. The minimum absolute atomic E-state index is 0.0114. The van der Waals surface area contributed by atoms with Crippen molar-refractivity contribution in [2.24, 2.45) is 0 Å². The number of amides is 2.